The lowest BCUT2D eigenvalue weighted by molar-refractivity contribution is 0.302. The molecule has 0 unspecified atom stereocenters. The van der Waals surface area contributed by atoms with Crippen LogP contribution in [-0.2, 0) is 9.84 Å². The minimum absolute atomic E-state index is 0.0366. The van der Waals surface area contributed by atoms with Crippen LogP contribution in [0.15, 0.2) is 4.90 Å². The van der Waals surface area contributed by atoms with Crippen molar-refractivity contribution in [2.45, 2.75) is 31.6 Å². The van der Waals surface area contributed by atoms with Crippen LogP contribution >= 0.6 is 11.5 Å². The van der Waals surface area contributed by atoms with Gasteiger partial charge in [-0.15, -0.1) is 0 Å². The third-order valence-corrected chi connectivity index (χ3v) is 5.61. The lowest BCUT2D eigenvalue weighted by Crippen LogP contribution is -2.28. The molecule has 0 spiro atoms. The first-order chi connectivity index (χ1) is 8.97. The molecule has 110 valence electrons. The van der Waals surface area contributed by atoms with Gasteiger partial charge in [-0.2, -0.15) is 4.37 Å². The molecule has 1 aromatic rings. The van der Waals surface area contributed by atoms with Gasteiger partial charge in [0.25, 0.3) is 0 Å². The number of aliphatic hydroxyl groups is 1. The second-order valence-electron chi connectivity index (χ2n) is 4.23. The quantitative estimate of drug-likeness (QED) is 0.747. The largest absolute Gasteiger partial charge is 0.395 e. The fraction of sp³-hybridized carbons (Fsp3) is 0.727. The zero-order chi connectivity index (χ0) is 14.5. The maximum Gasteiger partial charge on any atom is 0.185 e. The van der Waals surface area contributed by atoms with E-state index in [0.29, 0.717) is 24.5 Å². The van der Waals surface area contributed by atoms with E-state index >= 15 is 0 Å². The molecule has 0 aliphatic heterocycles. The van der Waals surface area contributed by atoms with Gasteiger partial charge >= 0.3 is 0 Å². The van der Waals surface area contributed by atoms with Gasteiger partial charge in [-0.1, -0.05) is 13.8 Å². The second kappa shape index (κ2) is 7.06. The zero-order valence-corrected chi connectivity index (χ0v) is 12.9. The van der Waals surface area contributed by atoms with Crippen LogP contribution in [0.25, 0.3) is 0 Å². The molecular formula is C11H21N3O3S2. The molecule has 19 heavy (non-hydrogen) atoms. The molecule has 3 N–H and O–H groups in total. The van der Waals surface area contributed by atoms with Crippen LogP contribution in [-0.4, -0.2) is 43.3 Å². The van der Waals surface area contributed by atoms with E-state index in [4.69, 9.17) is 10.8 Å². The monoisotopic (exact) mass is 307 g/mol. The van der Waals surface area contributed by atoms with Crippen molar-refractivity contribution in [2.24, 2.45) is 0 Å². The summed E-state index contributed by atoms with van der Waals surface area (Å²) in [5, 5.41) is 9.63. The molecule has 1 heterocycles. The minimum Gasteiger partial charge on any atom is -0.395 e. The van der Waals surface area contributed by atoms with Gasteiger partial charge in [0.15, 0.2) is 15.7 Å². The molecule has 0 aliphatic carbocycles. The summed E-state index contributed by atoms with van der Waals surface area (Å²) in [5.74, 6) is 0.120. The summed E-state index contributed by atoms with van der Waals surface area (Å²) >= 11 is 1.08. The van der Waals surface area contributed by atoms with Crippen LogP contribution in [0.2, 0.25) is 0 Å². The summed E-state index contributed by atoms with van der Waals surface area (Å²) in [7, 11) is -3.41. The molecule has 6 nitrogen and oxygen atoms in total. The van der Waals surface area contributed by atoms with Crippen molar-refractivity contribution in [3.63, 3.8) is 0 Å². The molecule has 1 rings (SSSR count). The Labute approximate surface area is 118 Å². The number of nitrogen functional groups attached to an aromatic ring is 1. The van der Waals surface area contributed by atoms with E-state index in [1.807, 2.05) is 18.7 Å². The second-order valence-corrected chi connectivity index (χ2v) is 7.03. The highest BCUT2D eigenvalue weighted by molar-refractivity contribution is 7.91. The Morgan fingerprint density at radius 3 is 2.53 bits per heavy atom. The van der Waals surface area contributed by atoms with E-state index in [0.717, 1.165) is 18.0 Å². The van der Waals surface area contributed by atoms with Gasteiger partial charge in [0, 0.05) is 13.1 Å². The first kappa shape index (κ1) is 16.2. The summed E-state index contributed by atoms with van der Waals surface area (Å²) in [5.41, 5.74) is 5.72. The topological polar surface area (TPSA) is 96.5 Å². The van der Waals surface area contributed by atoms with E-state index in [1.54, 1.807) is 0 Å². The van der Waals surface area contributed by atoms with Crippen LogP contribution in [0.4, 0.5) is 10.8 Å². The predicted molar refractivity (Wildman–Crippen MR) is 78.5 cm³/mol. The third kappa shape index (κ3) is 3.80. The van der Waals surface area contributed by atoms with Gasteiger partial charge in [-0.3, -0.25) is 0 Å². The Morgan fingerprint density at radius 2 is 2.00 bits per heavy atom. The first-order valence-corrected chi connectivity index (χ1v) is 8.74. The number of aliphatic hydroxyl groups excluding tert-OH is 1. The molecule has 0 saturated heterocycles. The van der Waals surface area contributed by atoms with Crippen molar-refractivity contribution in [1.29, 1.82) is 0 Å². The Morgan fingerprint density at radius 1 is 1.32 bits per heavy atom. The number of hydrogen-bond donors (Lipinski definition) is 2. The van der Waals surface area contributed by atoms with E-state index < -0.39 is 9.84 Å². The average Bonchev–Trinajstić information content (AvgIpc) is 2.71. The lowest BCUT2D eigenvalue weighted by Gasteiger charge is -2.22. The Kier molecular flexibility index (Phi) is 6.02. The van der Waals surface area contributed by atoms with Crippen molar-refractivity contribution < 1.29 is 13.5 Å². The average molecular weight is 307 g/mol. The van der Waals surface area contributed by atoms with Crippen LogP contribution in [0.1, 0.15) is 26.7 Å². The normalized spacial score (nSPS) is 11.7. The lowest BCUT2D eigenvalue weighted by atomic mass is 10.4. The van der Waals surface area contributed by atoms with Crippen molar-refractivity contribution in [3.05, 3.63) is 0 Å². The van der Waals surface area contributed by atoms with Crippen molar-refractivity contribution >= 4 is 32.2 Å². The Bertz CT molecular complexity index is 493. The fourth-order valence-corrected chi connectivity index (χ4v) is 4.67. The SMILES string of the molecule is CCCN(CCO)c1snc(N)c1S(=O)(=O)CCC. The minimum atomic E-state index is -3.41. The molecule has 0 bridgehead atoms. The van der Waals surface area contributed by atoms with E-state index in [1.165, 1.54) is 0 Å². The van der Waals surface area contributed by atoms with Crippen LogP contribution < -0.4 is 10.6 Å². The molecular weight excluding hydrogens is 286 g/mol. The van der Waals surface area contributed by atoms with E-state index in [2.05, 4.69) is 4.37 Å². The molecule has 1 aromatic heterocycles. The van der Waals surface area contributed by atoms with Gasteiger partial charge in [0.2, 0.25) is 0 Å². The number of rotatable bonds is 8. The Hall–Kier alpha value is -0.860. The third-order valence-electron chi connectivity index (χ3n) is 2.59. The maximum atomic E-state index is 12.2. The summed E-state index contributed by atoms with van der Waals surface area (Å²) in [4.78, 5) is 1.96. The molecule has 0 aromatic carbocycles. The molecule has 0 saturated carbocycles. The van der Waals surface area contributed by atoms with Gasteiger partial charge < -0.3 is 15.7 Å². The molecule has 8 heteroatoms. The highest BCUT2D eigenvalue weighted by Gasteiger charge is 2.27. The number of hydrogen-bond acceptors (Lipinski definition) is 7. The number of nitrogens with zero attached hydrogens (tertiary/aromatic N) is 2. The van der Waals surface area contributed by atoms with Crippen LogP contribution in [0, 0.1) is 0 Å². The van der Waals surface area contributed by atoms with Crippen LogP contribution in [0.5, 0.6) is 0 Å². The predicted octanol–water partition coefficient (Wildman–Crippen LogP) is 1.12. The number of nitrogens with two attached hydrogens (primary N) is 1. The van der Waals surface area contributed by atoms with Gasteiger partial charge in [0.1, 0.15) is 9.90 Å². The zero-order valence-electron chi connectivity index (χ0n) is 11.3. The smallest absolute Gasteiger partial charge is 0.185 e. The van der Waals surface area contributed by atoms with Crippen molar-refractivity contribution in [1.82, 2.24) is 4.37 Å². The number of sulfone groups is 1. The van der Waals surface area contributed by atoms with Crippen LogP contribution in [0.3, 0.4) is 0 Å². The molecule has 0 radical (unpaired) electrons. The van der Waals surface area contributed by atoms with Gasteiger partial charge in [0.05, 0.1) is 12.4 Å². The summed E-state index contributed by atoms with van der Waals surface area (Å²) in [6.45, 7) is 4.81. The maximum absolute atomic E-state index is 12.2. The van der Waals surface area contributed by atoms with Gasteiger partial charge in [-0.25, -0.2) is 8.42 Å². The molecule has 0 fully saturated rings. The number of anilines is 2. The standard InChI is InChI=1S/C11H21N3O3S2/c1-3-5-14(6-7-15)11-9(10(12)13-18-11)19(16,17)8-4-2/h15H,3-8H2,1-2H3,(H2,12,13). The molecule has 0 atom stereocenters. The van der Waals surface area contributed by atoms with Crippen molar-refractivity contribution in [3.8, 4) is 0 Å². The van der Waals surface area contributed by atoms with E-state index in [9.17, 15) is 8.42 Å². The first-order valence-electron chi connectivity index (χ1n) is 6.31. The molecule has 0 amide bonds. The summed E-state index contributed by atoms with van der Waals surface area (Å²) < 4.78 is 28.5. The Balaban J connectivity index is 3.22. The molecule has 0 aliphatic rings. The van der Waals surface area contributed by atoms with Gasteiger partial charge in [-0.05, 0) is 24.4 Å². The van der Waals surface area contributed by atoms with Crippen molar-refractivity contribution in [2.75, 3.05) is 36.1 Å². The fourth-order valence-electron chi connectivity index (χ4n) is 1.85. The van der Waals surface area contributed by atoms with E-state index in [-0.39, 0.29) is 23.1 Å². The number of aromatic nitrogens is 1. The highest BCUT2D eigenvalue weighted by Crippen LogP contribution is 2.35. The summed E-state index contributed by atoms with van der Waals surface area (Å²) in [6, 6.07) is 0. The summed E-state index contributed by atoms with van der Waals surface area (Å²) in [6.07, 6.45) is 1.38. The highest BCUT2D eigenvalue weighted by atomic mass is 32.2.